The quantitative estimate of drug-likeness (QED) is 0.876. The van der Waals surface area contributed by atoms with E-state index in [4.69, 9.17) is 9.47 Å². The molecule has 0 radical (unpaired) electrons. The smallest absolute Gasteiger partial charge is 0.270 e. The van der Waals surface area contributed by atoms with Crippen LogP contribution in [0.25, 0.3) is 6.20 Å². The molecule has 1 heterocycles. The lowest BCUT2D eigenvalue weighted by molar-refractivity contribution is 0.102. The predicted octanol–water partition coefficient (Wildman–Crippen LogP) is 1.04. The van der Waals surface area contributed by atoms with Crippen molar-refractivity contribution in [2.24, 2.45) is 0 Å². The van der Waals surface area contributed by atoms with Crippen LogP contribution in [0.1, 0.15) is 10.4 Å². The third-order valence-corrected chi connectivity index (χ3v) is 2.47. The van der Waals surface area contributed by atoms with Gasteiger partial charge in [0.25, 0.3) is 11.9 Å². The molecule has 1 amide bonds. The summed E-state index contributed by atoms with van der Waals surface area (Å²) in [6, 6.07) is 4.86. The molecule has 0 spiro atoms. The highest BCUT2D eigenvalue weighted by molar-refractivity contribution is 6.05. The molecule has 1 aromatic heterocycles. The number of amides is 1. The number of hydrogen-bond acceptors (Lipinski definition) is 6. The second-order valence-corrected chi connectivity index (χ2v) is 3.64. The zero-order valence-electron chi connectivity index (χ0n) is 11.0. The predicted molar refractivity (Wildman–Crippen MR) is 71.7 cm³/mol. The Morgan fingerprint density at radius 1 is 1.40 bits per heavy atom. The summed E-state index contributed by atoms with van der Waals surface area (Å²) in [5.41, 5.74) is 0.336. The fourth-order valence-corrected chi connectivity index (χ4v) is 1.51. The zero-order chi connectivity index (χ0) is 14.5. The van der Waals surface area contributed by atoms with E-state index in [-0.39, 0.29) is 5.95 Å². The van der Waals surface area contributed by atoms with Gasteiger partial charge in [0.2, 0.25) is 0 Å². The molecule has 0 atom stereocenters. The first-order valence-electron chi connectivity index (χ1n) is 5.63. The van der Waals surface area contributed by atoms with Crippen LogP contribution >= 0.6 is 0 Å². The van der Waals surface area contributed by atoms with Gasteiger partial charge in [-0.15, -0.1) is 9.90 Å². The number of rotatable bonds is 5. The Balaban J connectivity index is 2.22. The number of anilines is 1. The Morgan fingerprint density at radius 3 is 2.80 bits per heavy atom. The molecule has 0 aliphatic heterocycles. The maximum absolute atomic E-state index is 12.1. The summed E-state index contributed by atoms with van der Waals surface area (Å²) in [4.78, 5) is 13.3. The standard InChI is InChI=1S/C12H13N5O3/c1-4-17-15-12(14-16-17)13-11(18)9-6-5-8(19-2)7-10(9)20-3/h4-7H,1H2,2-3H3,(H,13,15,18). The molecule has 104 valence electrons. The van der Waals surface area contributed by atoms with E-state index in [1.807, 2.05) is 0 Å². The number of tetrazole rings is 1. The minimum atomic E-state index is -0.409. The number of ether oxygens (including phenoxy) is 2. The molecule has 1 N–H and O–H groups in total. The van der Waals surface area contributed by atoms with Crippen LogP contribution in [0.3, 0.4) is 0 Å². The van der Waals surface area contributed by atoms with E-state index >= 15 is 0 Å². The summed E-state index contributed by atoms with van der Waals surface area (Å²) in [6.45, 7) is 3.48. The number of aromatic nitrogens is 4. The molecule has 8 heteroatoms. The Morgan fingerprint density at radius 2 is 2.20 bits per heavy atom. The van der Waals surface area contributed by atoms with Crippen LogP contribution < -0.4 is 14.8 Å². The lowest BCUT2D eigenvalue weighted by Gasteiger charge is -2.09. The SMILES string of the molecule is C=Cn1nnc(NC(=O)c2ccc(OC)cc2OC)n1. The van der Waals surface area contributed by atoms with E-state index in [0.717, 1.165) is 4.80 Å². The van der Waals surface area contributed by atoms with Crippen molar-refractivity contribution >= 4 is 18.1 Å². The van der Waals surface area contributed by atoms with Gasteiger partial charge in [0.05, 0.1) is 19.8 Å². The maximum atomic E-state index is 12.1. The normalized spacial score (nSPS) is 9.90. The lowest BCUT2D eigenvalue weighted by Crippen LogP contribution is -2.14. The molecular formula is C12H13N5O3. The van der Waals surface area contributed by atoms with Crippen molar-refractivity contribution in [2.45, 2.75) is 0 Å². The van der Waals surface area contributed by atoms with Crippen molar-refractivity contribution in [3.05, 3.63) is 30.3 Å². The largest absolute Gasteiger partial charge is 0.497 e. The van der Waals surface area contributed by atoms with E-state index in [0.29, 0.717) is 17.1 Å². The van der Waals surface area contributed by atoms with Crippen molar-refractivity contribution in [2.75, 3.05) is 19.5 Å². The number of benzene rings is 1. The van der Waals surface area contributed by atoms with Gasteiger partial charge in [-0.1, -0.05) is 11.7 Å². The second-order valence-electron chi connectivity index (χ2n) is 3.64. The first-order chi connectivity index (χ1) is 9.67. The molecule has 2 rings (SSSR count). The number of carbonyl (C=O) groups excluding carboxylic acids is 1. The van der Waals surface area contributed by atoms with E-state index in [2.05, 4.69) is 27.3 Å². The van der Waals surface area contributed by atoms with Crippen molar-refractivity contribution < 1.29 is 14.3 Å². The molecule has 2 aromatic rings. The fraction of sp³-hybridized carbons (Fsp3) is 0.167. The average molecular weight is 275 g/mol. The Kier molecular flexibility index (Phi) is 3.94. The van der Waals surface area contributed by atoms with Gasteiger partial charge in [-0.25, -0.2) is 0 Å². The van der Waals surface area contributed by atoms with E-state index in [9.17, 15) is 4.79 Å². The molecule has 0 fully saturated rings. The molecule has 0 saturated carbocycles. The summed E-state index contributed by atoms with van der Waals surface area (Å²) in [7, 11) is 3.00. The summed E-state index contributed by atoms with van der Waals surface area (Å²) in [5.74, 6) is 0.646. The summed E-state index contributed by atoms with van der Waals surface area (Å²) in [5, 5.41) is 13.7. The summed E-state index contributed by atoms with van der Waals surface area (Å²) in [6.07, 6.45) is 1.36. The monoisotopic (exact) mass is 275 g/mol. The van der Waals surface area contributed by atoms with Crippen LogP contribution in [0, 0.1) is 0 Å². The second kappa shape index (κ2) is 5.83. The molecule has 0 saturated heterocycles. The molecule has 0 aliphatic carbocycles. The highest BCUT2D eigenvalue weighted by Crippen LogP contribution is 2.24. The van der Waals surface area contributed by atoms with Gasteiger partial charge in [-0.2, -0.15) is 0 Å². The average Bonchev–Trinajstić information content (AvgIpc) is 2.94. The van der Waals surface area contributed by atoms with Crippen molar-refractivity contribution in [1.29, 1.82) is 0 Å². The maximum Gasteiger partial charge on any atom is 0.270 e. The fourth-order valence-electron chi connectivity index (χ4n) is 1.51. The molecule has 0 aliphatic rings. The number of nitrogens with zero attached hydrogens (tertiary/aromatic N) is 4. The first-order valence-corrected chi connectivity index (χ1v) is 5.63. The van der Waals surface area contributed by atoms with Crippen LogP contribution in [0.2, 0.25) is 0 Å². The van der Waals surface area contributed by atoms with Crippen molar-refractivity contribution in [3.63, 3.8) is 0 Å². The summed E-state index contributed by atoms with van der Waals surface area (Å²) >= 11 is 0. The third kappa shape index (κ3) is 2.74. The van der Waals surface area contributed by atoms with Crippen molar-refractivity contribution in [3.8, 4) is 11.5 Å². The number of carbonyl (C=O) groups is 1. The van der Waals surface area contributed by atoms with E-state index in [1.165, 1.54) is 20.4 Å². The van der Waals surface area contributed by atoms with E-state index < -0.39 is 5.91 Å². The molecular weight excluding hydrogens is 262 g/mol. The van der Waals surface area contributed by atoms with Gasteiger partial charge in [0.1, 0.15) is 11.5 Å². The van der Waals surface area contributed by atoms with Gasteiger partial charge in [-0.05, 0) is 17.3 Å². The van der Waals surface area contributed by atoms with Gasteiger partial charge >= 0.3 is 0 Å². The van der Waals surface area contributed by atoms with Crippen LogP contribution in [0.15, 0.2) is 24.8 Å². The van der Waals surface area contributed by atoms with E-state index in [1.54, 1.807) is 18.2 Å². The molecule has 0 unspecified atom stereocenters. The Labute approximate surface area is 115 Å². The van der Waals surface area contributed by atoms with Crippen LogP contribution in [0.5, 0.6) is 11.5 Å². The minimum absolute atomic E-state index is 0.0766. The minimum Gasteiger partial charge on any atom is -0.497 e. The zero-order valence-corrected chi connectivity index (χ0v) is 11.0. The highest BCUT2D eigenvalue weighted by atomic mass is 16.5. The first kappa shape index (κ1) is 13.5. The van der Waals surface area contributed by atoms with Gasteiger partial charge < -0.3 is 9.47 Å². The van der Waals surface area contributed by atoms with Crippen molar-refractivity contribution in [1.82, 2.24) is 20.2 Å². The number of methoxy groups -OCH3 is 2. The van der Waals surface area contributed by atoms with Crippen LogP contribution in [0.4, 0.5) is 5.95 Å². The Bertz CT molecular complexity index is 638. The molecule has 1 aromatic carbocycles. The summed E-state index contributed by atoms with van der Waals surface area (Å²) < 4.78 is 10.2. The van der Waals surface area contributed by atoms with Gasteiger partial charge in [-0.3, -0.25) is 10.1 Å². The van der Waals surface area contributed by atoms with Gasteiger partial charge in [0, 0.05) is 12.3 Å². The molecule has 20 heavy (non-hydrogen) atoms. The topological polar surface area (TPSA) is 91.2 Å². The molecule has 0 bridgehead atoms. The van der Waals surface area contributed by atoms with Crippen LogP contribution in [-0.2, 0) is 0 Å². The number of nitrogens with one attached hydrogen (secondary N) is 1. The Hall–Kier alpha value is -2.90. The van der Waals surface area contributed by atoms with Crippen LogP contribution in [-0.4, -0.2) is 40.3 Å². The molecule has 8 nitrogen and oxygen atoms in total. The lowest BCUT2D eigenvalue weighted by atomic mass is 10.2. The highest BCUT2D eigenvalue weighted by Gasteiger charge is 2.15. The third-order valence-electron chi connectivity index (χ3n) is 2.47. The number of hydrogen-bond donors (Lipinski definition) is 1. The van der Waals surface area contributed by atoms with Gasteiger partial charge in [0.15, 0.2) is 0 Å².